The number of amides is 1. The van der Waals surface area contributed by atoms with Crippen LogP contribution in [0.5, 0.6) is 5.75 Å². The maximum absolute atomic E-state index is 12.8. The van der Waals surface area contributed by atoms with Crippen LogP contribution in [0.1, 0.15) is 24.5 Å². The maximum atomic E-state index is 12.8. The van der Waals surface area contributed by atoms with Gasteiger partial charge in [-0.25, -0.2) is 0 Å². The molecule has 2 aromatic rings. The largest absolute Gasteiger partial charge is 0.573 e. The summed E-state index contributed by atoms with van der Waals surface area (Å²) in [6.45, 7) is 1.82. The third kappa shape index (κ3) is 7.07. The van der Waals surface area contributed by atoms with Crippen LogP contribution in [0.15, 0.2) is 82.4 Å². The molecule has 0 aliphatic heterocycles. The summed E-state index contributed by atoms with van der Waals surface area (Å²) in [6.07, 6.45) is 0.377. The molecule has 1 aliphatic carbocycles. The van der Waals surface area contributed by atoms with E-state index >= 15 is 0 Å². The van der Waals surface area contributed by atoms with Crippen molar-refractivity contribution in [2.75, 3.05) is 5.75 Å². The Morgan fingerprint density at radius 3 is 2.67 bits per heavy atom. The number of alkyl halides is 3. The fourth-order valence-corrected chi connectivity index (χ4v) is 4.40. The van der Waals surface area contributed by atoms with Gasteiger partial charge in [-0.3, -0.25) is 9.00 Å². The molecule has 0 spiro atoms. The molecule has 0 bridgehead atoms. The van der Waals surface area contributed by atoms with Crippen LogP contribution in [-0.2, 0) is 22.0 Å². The van der Waals surface area contributed by atoms with E-state index in [1.165, 1.54) is 24.3 Å². The SMILES string of the molecule is CCS(=O)c1cccc(CC(=O)NC2=CC(Cl)=C(c3ccccc3OC(F)(F)F)C=CC2)c1. The van der Waals surface area contributed by atoms with Crippen LogP contribution in [0.2, 0.25) is 0 Å². The molecule has 1 N–H and O–H groups in total. The summed E-state index contributed by atoms with van der Waals surface area (Å²) in [6, 6.07) is 12.7. The van der Waals surface area contributed by atoms with E-state index in [0.29, 0.717) is 28.3 Å². The Morgan fingerprint density at radius 1 is 1.18 bits per heavy atom. The van der Waals surface area contributed by atoms with E-state index in [4.69, 9.17) is 11.6 Å². The van der Waals surface area contributed by atoms with Crippen LogP contribution in [0.4, 0.5) is 13.2 Å². The highest BCUT2D eigenvalue weighted by atomic mass is 35.5. The van der Waals surface area contributed by atoms with Gasteiger partial charge in [0.05, 0.1) is 22.3 Å². The zero-order valence-corrected chi connectivity index (χ0v) is 19.2. The first kappa shape index (κ1) is 24.8. The molecule has 33 heavy (non-hydrogen) atoms. The Morgan fingerprint density at radius 2 is 1.94 bits per heavy atom. The van der Waals surface area contributed by atoms with E-state index < -0.39 is 17.2 Å². The first-order chi connectivity index (χ1) is 15.7. The summed E-state index contributed by atoms with van der Waals surface area (Å²) < 4.78 is 54.4. The third-order valence-corrected chi connectivity index (χ3v) is 6.29. The van der Waals surface area contributed by atoms with Gasteiger partial charge in [0.1, 0.15) is 5.75 Å². The molecule has 0 aromatic heterocycles. The van der Waals surface area contributed by atoms with E-state index in [1.54, 1.807) is 42.5 Å². The van der Waals surface area contributed by atoms with E-state index in [-0.39, 0.29) is 28.7 Å². The van der Waals surface area contributed by atoms with Crippen LogP contribution in [0.25, 0.3) is 5.57 Å². The molecule has 4 nitrogen and oxygen atoms in total. The van der Waals surface area contributed by atoms with E-state index in [2.05, 4.69) is 10.1 Å². The molecule has 2 aromatic carbocycles. The minimum Gasteiger partial charge on any atom is -0.405 e. The number of allylic oxidation sites excluding steroid dienone is 5. The highest BCUT2D eigenvalue weighted by molar-refractivity contribution is 7.85. The lowest BCUT2D eigenvalue weighted by Gasteiger charge is -2.14. The number of halogens is 4. The summed E-state index contributed by atoms with van der Waals surface area (Å²) in [4.78, 5) is 13.2. The summed E-state index contributed by atoms with van der Waals surface area (Å²) in [5.74, 6) is -0.171. The molecule has 0 heterocycles. The summed E-state index contributed by atoms with van der Waals surface area (Å²) in [5.41, 5.74) is 1.74. The lowest BCUT2D eigenvalue weighted by atomic mass is 10.0. The van der Waals surface area contributed by atoms with Crippen molar-refractivity contribution in [1.29, 1.82) is 0 Å². The third-order valence-electron chi connectivity index (χ3n) is 4.67. The van der Waals surface area contributed by atoms with E-state index in [9.17, 15) is 22.2 Å². The molecule has 174 valence electrons. The number of hydrogen-bond donors (Lipinski definition) is 1. The summed E-state index contributed by atoms with van der Waals surface area (Å²) >= 11 is 6.40. The molecule has 0 saturated heterocycles. The molecular formula is C24H21ClF3NO3S. The maximum Gasteiger partial charge on any atom is 0.573 e. The van der Waals surface area contributed by atoms with Crippen LogP contribution in [-0.4, -0.2) is 22.2 Å². The minimum absolute atomic E-state index is 0.0756. The number of hydrogen-bond acceptors (Lipinski definition) is 3. The zero-order chi connectivity index (χ0) is 24.0. The van der Waals surface area contributed by atoms with Crippen molar-refractivity contribution in [3.63, 3.8) is 0 Å². The van der Waals surface area contributed by atoms with Gasteiger partial charge in [-0.2, -0.15) is 0 Å². The summed E-state index contributed by atoms with van der Waals surface area (Å²) in [5, 5.41) is 2.95. The fourth-order valence-electron chi connectivity index (χ4n) is 3.25. The van der Waals surface area contributed by atoms with Gasteiger partial charge in [0.25, 0.3) is 0 Å². The Kier molecular flexibility index (Phi) is 8.15. The number of nitrogens with one attached hydrogen (secondary N) is 1. The van der Waals surface area contributed by atoms with Crippen molar-refractivity contribution >= 4 is 33.9 Å². The Balaban J connectivity index is 1.79. The molecule has 1 unspecified atom stereocenters. The predicted molar refractivity (Wildman–Crippen MR) is 123 cm³/mol. The first-order valence-electron chi connectivity index (χ1n) is 10.1. The molecule has 1 amide bonds. The Hall–Kier alpha value is -2.84. The van der Waals surface area contributed by atoms with Crippen molar-refractivity contribution < 1.29 is 26.9 Å². The first-order valence-corrected chi connectivity index (χ1v) is 11.7. The molecule has 0 fully saturated rings. The highest BCUT2D eigenvalue weighted by Crippen LogP contribution is 2.35. The number of ether oxygens (including phenoxy) is 1. The molecule has 1 atom stereocenters. The number of rotatable bonds is 7. The van der Waals surface area contributed by atoms with Gasteiger partial charge in [0, 0.05) is 33.9 Å². The van der Waals surface area contributed by atoms with Gasteiger partial charge in [-0.15, -0.1) is 13.2 Å². The van der Waals surface area contributed by atoms with Gasteiger partial charge in [0.2, 0.25) is 5.91 Å². The van der Waals surface area contributed by atoms with Crippen LogP contribution in [0.3, 0.4) is 0 Å². The number of carbonyl (C=O) groups excluding carboxylic acids is 1. The molecule has 9 heteroatoms. The second-order valence-corrected chi connectivity index (χ2v) is 9.24. The van der Waals surface area contributed by atoms with Gasteiger partial charge < -0.3 is 10.1 Å². The standard InChI is InChI=1S/C24H21ClF3NO3S/c1-2-33(31)18-9-5-7-16(13-18)14-23(30)29-17-8-6-11-19(21(25)15-17)20-10-3-4-12-22(20)32-24(26,27)28/h3-7,9-13,15H,2,8,14H2,1H3,(H,29,30). The van der Waals surface area contributed by atoms with Crippen molar-refractivity contribution in [2.45, 2.75) is 31.0 Å². The second kappa shape index (κ2) is 10.9. The van der Waals surface area contributed by atoms with Crippen molar-refractivity contribution in [3.05, 3.63) is 88.6 Å². The quantitative estimate of drug-likeness (QED) is 0.523. The molecular weight excluding hydrogens is 475 g/mol. The lowest BCUT2D eigenvalue weighted by Crippen LogP contribution is -2.24. The molecule has 3 rings (SSSR count). The average molecular weight is 496 g/mol. The van der Waals surface area contributed by atoms with Crippen molar-refractivity contribution in [3.8, 4) is 5.75 Å². The van der Waals surface area contributed by atoms with Gasteiger partial charge in [-0.05, 0) is 29.8 Å². The smallest absolute Gasteiger partial charge is 0.405 e. The molecule has 0 radical (unpaired) electrons. The normalized spacial score (nSPS) is 15.0. The minimum atomic E-state index is -4.84. The Labute approximate surface area is 197 Å². The monoisotopic (exact) mass is 495 g/mol. The summed E-state index contributed by atoms with van der Waals surface area (Å²) in [7, 11) is -1.12. The average Bonchev–Trinajstić information content (AvgIpc) is 2.93. The Bertz CT molecular complexity index is 1160. The number of benzene rings is 2. The van der Waals surface area contributed by atoms with E-state index in [1.807, 2.05) is 6.92 Å². The van der Waals surface area contributed by atoms with Crippen LogP contribution < -0.4 is 10.1 Å². The van der Waals surface area contributed by atoms with Gasteiger partial charge >= 0.3 is 6.36 Å². The zero-order valence-electron chi connectivity index (χ0n) is 17.6. The lowest BCUT2D eigenvalue weighted by molar-refractivity contribution is -0.274. The van der Waals surface area contributed by atoms with Gasteiger partial charge in [-0.1, -0.05) is 61.0 Å². The highest BCUT2D eigenvalue weighted by Gasteiger charge is 2.32. The number of carbonyl (C=O) groups is 1. The van der Waals surface area contributed by atoms with Crippen molar-refractivity contribution in [1.82, 2.24) is 5.32 Å². The predicted octanol–water partition coefficient (Wildman–Crippen LogP) is 5.87. The van der Waals surface area contributed by atoms with E-state index in [0.717, 1.165) is 5.56 Å². The van der Waals surface area contributed by atoms with Crippen LogP contribution >= 0.6 is 11.6 Å². The van der Waals surface area contributed by atoms with Crippen LogP contribution in [0, 0.1) is 0 Å². The van der Waals surface area contributed by atoms with Crippen molar-refractivity contribution in [2.24, 2.45) is 0 Å². The number of para-hydroxylation sites is 1. The second-order valence-electron chi connectivity index (χ2n) is 7.09. The van der Waals surface area contributed by atoms with Gasteiger partial charge in [0.15, 0.2) is 0 Å². The fraction of sp³-hybridized carbons (Fsp3) is 0.208. The topological polar surface area (TPSA) is 55.4 Å². The molecule has 0 saturated carbocycles. The molecule has 1 aliphatic rings.